The smallest absolute Gasteiger partial charge is 0.338 e. The molecule has 2 aromatic heterocycles. The lowest BCUT2D eigenvalue weighted by Crippen LogP contribution is -2.59. The number of aromatic nitrogens is 5. The van der Waals surface area contributed by atoms with E-state index in [1.165, 1.54) is 11.0 Å². The second-order valence-electron chi connectivity index (χ2n) is 9.60. The zero-order chi connectivity index (χ0) is 24.6. The number of amides is 1. The van der Waals surface area contributed by atoms with E-state index in [-0.39, 0.29) is 30.1 Å². The molecule has 2 saturated heterocycles. The molecular formula is C25H27N7O4. The van der Waals surface area contributed by atoms with Crippen LogP contribution in [0.25, 0.3) is 5.82 Å². The monoisotopic (exact) mass is 489 g/mol. The van der Waals surface area contributed by atoms with Crippen molar-refractivity contribution < 1.29 is 19.1 Å². The average Bonchev–Trinajstić information content (AvgIpc) is 3.43. The topological polar surface area (TPSA) is 116 Å². The number of tetrazole rings is 1. The van der Waals surface area contributed by atoms with Gasteiger partial charge in [0.25, 0.3) is 0 Å². The van der Waals surface area contributed by atoms with Gasteiger partial charge >= 0.3 is 5.97 Å². The highest BCUT2D eigenvalue weighted by molar-refractivity contribution is 5.92. The maximum atomic E-state index is 13.0. The predicted molar refractivity (Wildman–Crippen MR) is 126 cm³/mol. The van der Waals surface area contributed by atoms with Crippen molar-refractivity contribution in [2.45, 2.75) is 38.0 Å². The number of nitrogens with zero attached hydrogens (tertiary/aromatic N) is 7. The molecule has 3 aliphatic heterocycles. The largest absolute Gasteiger partial charge is 0.459 e. The van der Waals surface area contributed by atoms with E-state index in [2.05, 4.69) is 31.5 Å². The quantitative estimate of drug-likeness (QED) is 0.495. The zero-order valence-corrected chi connectivity index (χ0v) is 20.0. The van der Waals surface area contributed by atoms with Gasteiger partial charge in [-0.05, 0) is 46.2 Å². The number of ether oxygens (including phenoxy) is 2. The second-order valence-corrected chi connectivity index (χ2v) is 9.60. The third kappa shape index (κ3) is 4.47. The summed E-state index contributed by atoms with van der Waals surface area (Å²) in [4.78, 5) is 33.8. The van der Waals surface area contributed by atoms with Gasteiger partial charge in [-0.2, -0.15) is 4.68 Å². The summed E-state index contributed by atoms with van der Waals surface area (Å²) in [6.45, 7) is 5.39. The first-order valence-corrected chi connectivity index (χ1v) is 12.2. The zero-order valence-electron chi connectivity index (χ0n) is 20.0. The minimum Gasteiger partial charge on any atom is -0.459 e. The van der Waals surface area contributed by atoms with Crippen LogP contribution in [0.5, 0.6) is 0 Å². The van der Waals surface area contributed by atoms with Gasteiger partial charge in [-0.25, -0.2) is 9.78 Å². The molecule has 0 bridgehead atoms. The fraction of sp³-hybridized carbons (Fsp3) is 0.440. The van der Waals surface area contributed by atoms with Gasteiger partial charge in [0, 0.05) is 38.8 Å². The number of hydrogen-bond acceptors (Lipinski definition) is 9. The van der Waals surface area contributed by atoms with Crippen LogP contribution in [0.1, 0.15) is 40.1 Å². The van der Waals surface area contributed by atoms with Crippen LogP contribution >= 0.6 is 0 Å². The average molecular weight is 490 g/mol. The molecule has 0 saturated carbocycles. The molecule has 3 aromatic rings. The van der Waals surface area contributed by atoms with Crippen molar-refractivity contribution in [3.63, 3.8) is 0 Å². The molecule has 1 unspecified atom stereocenters. The molecule has 0 N–H and O–H groups in total. The highest BCUT2D eigenvalue weighted by Crippen LogP contribution is 2.30. The maximum Gasteiger partial charge on any atom is 0.338 e. The first-order valence-electron chi connectivity index (χ1n) is 12.2. The molecule has 36 heavy (non-hydrogen) atoms. The number of carbonyl (C=O) groups excluding carboxylic acids is 2. The van der Waals surface area contributed by atoms with Crippen molar-refractivity contribution in [3.8, 4) is 5.82 Å². The van der Waals surface area contributed by atoms with E-state index in [0.29, 0.717) is 37.5 Å². The van der Waals surface area contributed by atoms with Crippen molar-refractivity contribution in [2.75, 3.05) is 32.8 Å². The molecule has 6 rings (SSSR count). The Labute approximate surface area is 208 Å². The Hall–Kier alpha value is -3.70. The Morgan fingerprint density at radius 3 is 2.89 bits per heavy atom. The minimum atomic E-state index is -0.250. The normalized spacial score (nSPS) is 24.1. The molecule has 3 aliphatic rings. The third-order valence-corrected chi connectivity index (χ3v) is 7.13. The van der Waals surface area contributed by atoms with Gasteiger partial charge in [-0.15, -0.1) is 5.10 Å². The molecule has 3 atom stereocenters. The first kappa shape index (κ1) is 22.7. The lowest BCUT2D eigenvalue weighted by Gasteiger charge is -2.46. The number of benzene rings is 1. The summed E-state index contributed by atoms with van der Waals surface area (Å²) in [7, 11) is 0. The molecule has 0 radical (unpaired) electrons. The summed E-state index contributed by atoms with van der Waals surface area (Å²) < 4.78 is 13.1. The highest BCUT2D eigenvalue weighted by Gasteiger charge is 2.36. The van der Waals surface area contributed by atoms with Crippen molar-refractivity contribution in [2.24, 2.45) is 0 Å². The number of cyclic esters (lactones) is 1. The van der Waals surface area contributed by atoms with E-state index < -0.39 is 0 Å². The summed E-state index contributed by atoms with van der Waals surface area (Å²) in [5, 5.41) is 11.0. The van der Waals surface area contributed by atoms with Gasteiger partial charge in [-0.1, -0.05) is 18.2 Å². The summed E-state index contributed by atoms with van der Waals surface area (Å²) in [5.41, 5.74) is 3.62. The van der Waals surface area contributed by atoms with Crippen LogP contribution in [-0.2, 0) is 27.1 Å². The summed E-state index contributed by atoms with van der Waals surface area (Å²) >= 11 is 0. The van der Waals surface area contributed by atoms with E-state index in [0.717, 1.165) is 36.2 Å². The summed E-state index contributed by atoms with van der Waals surface area (Å²) in [6.07, 6.45) is 4.04. The standard InChI is InChI=1S/C25H27N7O4/c1-16-8-19-10-18(3-4-21(19)25(34)36-16)22-13-30-6-7-31(12-20(30)14-35-22)24(33)9-17-2-5-23(26-11-17)32-15-27-28-29-32/h2-5,10-11,15-16,20,22H,6-9,12-14H2,1H3/t16-,20+,22?/m1/s1. The van der Waals surface area contributed by atoms with Crippen LogP contribution in [0.3, 0.4) is 0 Å². The number of piperazine rings is 1. The highest BCUT2D eigenvalue weighted by atomic mass is 16.5. The van der Waals surface area contributed by atoms with Crippen LogP contribution in [-0.4, -0.2) is 91.8 Å². The second kappa shape index (κ2) is 9.40. The van der Waals surface area contributed by atoms with Crippen molar-refractivity contribution in [1.82, 2.24) is 35.0 Å². The Balaban J connectivity index is 1.05. The van der Waals surface area contributed by atoms with Crippen molar-refractivity contribution >= 4 is 11.9 Å². The van der Waals surface area contributed by atoms with E-state index in [4.69, 9.17) is 9.47 Å². The van der Waals surface area contributed by atoms with Crippen LogP contribution in [0.2, 0.25) is 0 Å². The Kier molecular flexibility index (Phi) is 5.94. The SMILES string of the molecule is C[C@@H]1Cc2cc(C3CN4CCN(C(=O)Cc5ccc(-n6cnnn6)nc5)C[C@H]4CO3)ccc2C(=O)O1. The molecule has 1 aromatic carbocycles. The van der Waals surface area contributed by atoms with E-state index in [1.807, 2.05) is 30.0 Å². The molecular weight excluding hydrogens is 462 g/mol. The lowest BCUT2D eigenvalue weighted by molar-refractivity contribution is -0.139. The van der Waals surface area contributed by atoms with Gasteiger partial charge in [0.1, 0.15) is 12.4 Å². The number of pyridine rings is 1. The van der Waals surface area contributed by atoms with Gasteiger partial charge < -0.3 is 14.4 Å². The minimum absolute atomic E-state index is 0.0492. The molecule has 0 spiro atoms. The maximum absolute atomic E-state index is 13.0. The Bertz CT molecular complexity index is 1260. The number of rotatable bonds is 4. The van der Waals surface area contributed by atoms with Crippen LogP contribution in [0, 0.1) is 0 Å². The van der Waals surface area contributed by atoms with Crippen LogP contribution in [0.4, 0.5) is 0 Å². The number of carbonyl (C=O) groups is 2. The molecule has 5 heterocycles. The molecule has 11 heteroatoms. The number of esters is 1. The van der Waals surface area contributed by atoms with Gasteiger partial charge in [0.2, 0.25) is 5.91 Å². The lowest BCUT2D eigenvalue weighted by atomic mass is 9.94. The molecule has 1 amide bonds. The Morgan fingerprint density at radius 2 is 2.08 bits per heavy atom. The third-order valence-electron chi connectivity index (χ3n) is 7.13. The van der Waals surface area contributed by atoms with E-state index in [9.17, 15) is 9.59 Å². The Morgan fingerprint density at radius 1 is 1.17 bits per heavy atom. The number of hydrogen-bond donors (Lipinski definition) is 0. The summed E-state index contributed by atoms with van der Waals surface area (Å²) in [5.74, 6) is 0.441. The number of fused-ring (bicyclic) bond motifs is 2. The van der Waals surface area contributed by atoms with Gasteiger partial charge in [0.15, 0.2) is 5.82 Å². The van der Waals surface area contributed by atoms with Crippen molar-refractivity contribution in [1.29, 1.82) is 0 Å². The van der Waals surface area contributed by atoms with Gasteiger partial charge in [0.05, 0.1) is 30.7 Å². The molecule has 2 fully saturated rings. The molecule has 186 valence electrons. The van der Waals surface area contributed by atoms with E-state index >= 15 is 0 Å². The summed E-state index contributed by atoms with van der Waals surface area (Å²) in [6, 6.07) is 9.78. The van der Waals surface area contributed by atoms with Gasteiger partial charge in [-0.3, -0.25) is 9.69 Å². The van der Waals surface area contributed by atoms with Crippen LogP contribution < -0.4 is 0 Å². The van der Waals surface area contributed by atoms with Crippen molar-refractivity contribution in [3.05, 3.63) is 65.1 Å². The molecule has 0 aliphatic carbocycles. The first-order chi connectivity index (χ1) is 17.5. The predicted octanol–water partition coefficient (Wildman–Crippen LogP) is 0.986. The fourth-order valence-electron chi connectivity index (χ4n) is 5.20. The number of morpholine rings is 1. The van der Waals surface area contributed by atoms with E-state index in [1.54, 1.807) is 12.3 Å². The molecule has 11 nitrogen and oxygen atoms in total. The van der Waals surface area contributed by atoms with Crippen LogP contribution in [0.15, 0.2) is 42.9 Å². The fourth-order valence-corrected chi connectivity index (χ4v) is 5.20.